The summed E-state index contributed by atoms with van der Waals surface area (Å²) in [7, 11) is 0. The number of morpholine rings is 1. The highest BCUT2D eigenvalue weighted by Gasteiger charge is 2.38. The molecule has 1 saturated heterocycles. The minimum atomic E-state index is -1.03. The predicted molar refractivity (Wildman–Crippen MR) is 124 cm³/mol. The average molecular weight is 473 g/mol. The first kappa shape index (κ1) is 23.2. The SMILES string of the molecule is NC(=O)[C@H](CCC(=O)O)N1Cc2c(NCc3ccc(CN4CCOCC4)cc3)csc2C1=O. The lowest BCUT2D eigenvalue weighted by atomic mass is 10.1. The first-order valence-electron chi connectivity index (χ1n) is 11.0. The Labute approximate surface area is 196 Å². The van der Waals surface area contributed by atoms with Gasteiger partial charge in [-0.05, 0) is 17.5 Å². The Morgan fingerprint density at radius 1 is 1.18 bits per heavy atom. The molecule has 2 aromatic rings. The Morgan fingerprint density at radius 3 is 2.55 bits per heavy atom. The van der Waals surface area contributed by atoms with Gasteiger partial charge in [0.05, 0.1) is 30.3 Å². The number of fused-ring (bicyclic) bond motifs is 1. The number of hydrogen-bond acceptors (Lipinski definition) is 7. The summed E-state index contributed by atoms with van der Waals surface area (Å²) in [4.78, 5) is 39.9. The summed E-state index contributed by atoms with van der Waals surface area (Å²) in [6.45, 7) is 5.24. The molecule has 176 valence electrons. The molecule has 0 aliphatic carbocycles. The maximum atomic E-state index is 12.8. The zero-order chi connectivity index (χ0) is 23.4. The molecule has 0 unspecified atom stereocenters. The maximum Gasteiger partial charge on any atom is 0.303 e. The molecule has 0 saturated carbocycles. The van der Waals surface area contributed by atoms with E-state index in [0.29, 0.717) is 11.4 Å². The number of aliphatic carboxylic acids is 1. The fraction of sp³-hybridized carbons (Fsp3) is 0.435. The highest BCUT2D eigenvalue weighted by molar-refractivity contribution is 7.12. The van der Waals surface area contributed by atoms with Crippen molar-refractivity contribution >= 4 is 34.8 Å². The van der Waals surface area contributed by atoms with Gasteiger partial charge in [0.15, 0.2) is 0 Å². The number of benzene rings is 1. The zero-order valence-electron chi connectivity index (χ0n) is 18.3. The largest absolute Gasteiger partial charge is 0.481 e. The molecule has 4 N–H and O–H groups in total. The Bertz CT molecular complexity index is 1020. The molecule has 2 aliphatic rings. The topological polar surface area (TPSA) is 125 Å². The van der Waals surface area contributed by atoms with E-state index in [1.807, 2.05) is 5.38 Å². The molecule has 33 heavy (non-hydrogen) atoms. The first-order chi connectivity index (χ1) is 15.9. The van der Waals surface area contributed by atoms with Crippen molar-refractivity contribution in [3.63, 3.8) is 0 Å². The van der Waals surface area contributed by atoms with Crippen LogP contribution < -0.4 is 11.1 Å². The lowest BCUT2D eigenvalue weighted by Gasteiger charge is -2.26. The molecule has 2 amide bonds. The number of thiophene rings is 1. The Balaban J connectivity index is 1.36. The van der Waals surface area contributed by atoms with E-state index in [1.54, 1.807) is 0 Å². The molecule has 0 spiro atoms. The molecule has 10 heteroatoms. The van der Waals surface area contributed by atoms with E-state index < -0.39 is 17.9 Å². The number of carboxylic acid groups (broad SMARTS) is 1. The Morgan fingerprint density at radius 2 is 1.88 bits per heavy atom. The second-order valence-electron chi connectivity index (χ2n) is 8.30. The molecular weight excluding hydrogens is 444 g/mol. The highest BCUT2D eigenvalue weighted by Crippen LogP contribution is 2.36. The van der Waals surface area contributed by atoms with Gasteiger partial charge >= 0.3 is 5.97 Å². The number of amides is 2. The van der Waals surface area contributed by atoms with E-state index in [1.165, 1.54) is 21.8 Å². The number of rotatable bonds is 10. The van der Waals surface area contributed by atoms with E-state index in [0.717, 1.165) is 49.7 Å². The van der Waals surface area contributed by atoms with E-state index >= 15 is 0 Å². The minimum Gasteiger partial charge on any atom is -0.481 e. The summed E-state index contributed by atoms with van der Waals surface area (Å²) >= 11 is 1.32. The van der Waals surface area contributed by atoms with Gasteiger partial charge in [0.1, 0.15) is 6.04 Å². The smallest absolute Gasteiger partial charge is 0.303 e. The summed E-state index contributed by atoms with van der Waals surface area (Å²) in [5.74, 6) is -1.99. The fourth-order valence-corrected chi connectivity index (χ4v) is 5.18. The van der Waals surface area contributed by atoms with Gasteiger partial charge in [0.2, 0.25) is 5.91 Å². The molecular formula is C23H28N4O5S. The normalized spacial score (nSPS) is 17.1. The number of nitrogens with zero attached hydrogens (tertiary/aromatic N) is 2. The van der Waals surface area contributed by atoms with Gasteiger partial charge in [-0.2, -0.15) is 0 Å². The molecule has 0 radical (unpaired) electrons. The maximum absolute atomic E-state index is 12.8. The number of carbonyl (C=O) groups is 3. The number of primary amides is 1. The van der Waals surface area contributed by atoms with Crippen molar-refractivity contribution in [2.45, 2.75) is 38.5 Å². The van der Waals surface area contributed by atoms with Gasteiger partial charge in [-0.15, -0.1) is 11.3 Å². The zero-order valence-corrected chi connectivity index (χ0v) is 19.1. The third-order valence-corrected chi connectivity index (χ3v) is 7.04. The molecule has 9 nitrogen and oxygen atoms in total. The number of carboxylic acids is 1. The van der Waals surface area contributed by atoms with Crippen molar-refractivity contribution in [2.24, 2.45) is 5.73 Å². The third-order valence-electron chi connectivity index (χ3n) is 6.03. The van der Waals surface area contributed by atoms with Crippen molar-refractivity contribution in [1.29, 1.82) is 0 Å². The van der Waals surface area contributed by atoms with Crippen LogP contribution in [-0.2, 0) is 34.0 Å². The molecule has 4 rings (SSSR count). The number of carbonyl (C=O) groups excluding carboxylic acids is 2. The second kappa shape index (κ2) is 10.3. The summed E-state index contributed by atoms with van der Waals surface area (Å²) < 4.78 is 5.40. The Kier molecular flexibility index (Phi) is 7.26. The van der Waals surface area contributed by atoms with Gasteiger partial charge in [0.25, 0.3) is 5.91 Å². The van der Waals surface area contributed by atoms with Crippen molar-refractivity contribution in [2.75, 3.05) is 31.6 Å². The highest BCUT2D eigenvalue weighted by atomic mass is 32.1. The lowest BCUT2D eigenvalue weighted by Crippen LogP contribution is -2.45. The quantitative estimate of drug-likeness (QED) is 0.482. The van der Waals surface area contributed by atoms with Gasteiger partial charge in [-0.25, -0.2) is 0 Å². The molecule has 1 fully saturated rings. The third kappa shape index (κ3) is 5.52. The van der Waals surface area contributed by atoms with Gasteiger partial charge in [-0.1, -0.05) is 24.3 Å². The van der Waals surface area contributed by atoms with Crippen molar-refractivity contribution in [3.8, 4) is 0 Å². The van der Waals surface area contributed by atoms with Crippen molar-refractivity contribution in [1.82, 2.24) is 9.80 Å². The van der Waals surface area contributed by atoms with Crippen molar-refractivity contribution < 1.29 is 24.2 Å². The first-order valence-corrected chi connectivity index (χ1v) is 11.8. The van der Waals surface area contributed by atoms with Crippen LogP contribution in [0.5, 0.6) is 0 Å². The van der Waals surface area contributed by atoms with Crippen LogP contribution in [0.3, 0.4) is 0 Å². The van der Waals surface area contributed by atoms with Gasteiger partial charge < -0.3 is 25.8 Å². The molecule has 3 heterocycles. The molecule has 1 aromatic heterocycles. The number of anilines is 1. The van der Waals surface area contributed by atoms with Crippen LogP contribution in [0.4, 0.5) is 5.69 Å². The van der Waals surface area contributed by atoms with Crippen molar-refractivity contribution in [3.05, 3.63) is 51.2 Å². The van der Waals surface area contributed by atoms with Crippen LogP contribution in [0.15, 0.2) is 29.6 Å². The van der Waals surface area contributed by atoms with Crippen LogP contribution in [0, 0.1) is 0 Å². The summed E-state index contributed by atoms with van der Waals surface area (Å²) in [6.07, 6.45) is -0.220. The van der Waals surface area contributed by atoms with E-state index in [-0.39, 0.29) is 25.3 Å². The second-order valence-corrected chi connectivity index (χ2v) is 9.18. The summed E-state index contributed by atoms with van der Waals surface area (Å²) in [5, 5.41) is 14.2. The summed E-state index contributed by atoms with van der Waals surface area (Å²) in [5.41, 5.74) is 9.53. The standard InChI is InChI=1S/C23H28N4O5S/c24-22(30)19(5-6-20(28)29)27-13-17-18(14-33-21(17)23(27)31)25-11-15-1-3-16(4-2-15)12-26-7-9-32-10-8-26/h1-4,14,19,25H,5-13H2,(H2,24,30)(H,28,29)/t19-/m0/s1. The number of nitrogens with two attached hydrogens (primary N) is 1. The lowest BCUT2D eigenvalue weighted by molar-refractivity contribution is -0.137. The Hall–Kier alpha value is -2.95. The number of hydrogen-bond donors (Lipinski definition) is 3. The van der Waals surface area contributed by atoms with E-state index in [4.69, 9.17) is 15.6 Å². The van der Waals surface area contributed by atoms with Crippen LogP contribution in [0.2, 0.25) is 0 Å². The number of nitrogens with one attached hydrogen (secondary N) is 1. The molecule has 1 aromatic carbocycles. The molecule has 1 atom stereocenters. The minimum absolute atomic E-state index is 0.00487. The van der Waals surface area contributed by atoms with E-state index in [2.05, 4.69) is 34.5 Å². The van der Waals surface area contributed by atoms with Crippen LogP contribution in [0.1, 0.15) is 39.2 Å². The average Bonchev–Trinajstić information content (AvgIpc) is 3.34. The molecule has 2 aliphatic heterocycles. The fourth-order valence-electron chi connectivity index (χ4n) is 4.18. The summed E-state index contributed by atoms with van der Waals surface area (Å²) in [6, 6.07) is 7.54. The van der Waals surface area contributed by atoms with E-state index in [9.17, 15) is 14.4 Å². The van der Waals surface area contributed by atoms with Crippen LogP contribution >= 0.6 is 11.3 Å². The van der Waals surface area contributed by atoms with Gasteiger partial charge in [0, 0.05) is 43.5 Å². The van der Waals surface area contributed by atoms with Crippen LogP contribution in [-0.4, -0.2) is 65.0 Å². The predicted octanol–water partition coefficient (Wildman–Crippen LogP) is 1.87. The van der Waals surface area contributed by atoms with Crippen LogP contribution in [0.25, 0.3) is 0 Å². The molecule has 0 bridgehead atoms. The monoisotopic (exact) mass is 472 g/mol. The van der Waals surface area contributed by atoms with Gasteiger partial charge in [-0.3, -0.25) is 19.3 Å². The number of ether oxygens (including phenoxy) is 1.